The van der Waals surface area contributed by atoms with Crippen molar-refractivity contribution in [3.05, 3.63) is 47.5 Å². The van der Waals surface area contributed by atoms with Crippen LogP contribution in [0.1, 0.15) is 35.8 Å². The summed E-state index contributed by atoms with van der Waals surface area (Å²) in [6.07, 6.45) is 3.35. The maximum Gasteiger partial charge on any atom is 0.325 e. The molecule has 1 unspecified atom stereocenters. The minimum atomic E-state index is -0.740. The Kier molecular flexibility index (Phi) is 7.28. The number of hydrogen-bond acceptors (Lipinski definition) is 7. The molecule has 31 heavy (non-hydrogen) atoms. The fourth-order valence-electron chi connectivity index (χ4n) is 2.94. The third-order valence-corrected chi connectivity index (χ3v) is 4.76. The maximum absolute atomic E-state index is 13.6. The number of pyridine rings is 1. The van der Waals surface area contributed by atoms with Gasteiger partial charge in [-0.05, 0) is 37.3 Å². The minimum Gasteiger partial charge on any atom is -0.503 e. The Hall–Kier alpha value is -3.36. The zero-order chi connectivity index (χ0) is 22.4. The van der Waals surface area contributed by atoms with Gasteiger partial charge in [-0.15, -0.1) is 0 Å². The van der Waals surface area contributed by atoms with E-state index in [4.69, 9.17) is 14.2 Å². The normalized spacial score (nSPS) is 13.9. The van der Waals surface area contributed by atoms with E-state index in [2.05, 4.69) is 10.3 Å². The second-order valence-electron chi connectivity index (χ2n) is 7.40. The summed E-state index contributed by atoms with van der Waals surface area (Å²) in [5.74, 6) is -1.15. The van der Waals surface area contributed by atoms with Gasteiger partial charge < -0.3 is 24.6 Å². The summed E-state index contributed by atoms with van der Waals surface area (Å²) >= 11 is 0. The lowest BCUT2D eigenvalue weighted by molar-refractivity contribution is -0.146. The van der Waals surface area contributed by atoms with Gasteiger partial charge >= 0.3 is 5.97 Å². The molecule has 0 aliphatic heterocycles. The second-order valence-corrected chi connectivity index (χ2v) is 7.40. The van der Waals surface area contributed by atoms with E-state index >= 15 is 0 Å². The first kappa shape index (κ1) is 22.3. The summed E-state index contributed by atoms with van der Waals surface area (Å²) in [5.41, 5.74) is 0.473. The molecule has 3 rings (SSSR count). The Morgan fingerprint density at radius 2 is 2.06 bits per heavy atom. The zero-order valence-corrected chi connectivity index (χ0v) is 17.4. The number of carbonyl (C=O) groups is 2. The number of esters is 1. The van der Waals surface area contributed by atoms with Crippen molar-refractivity contribution in [2.45, 2.75) is 32.3 Å². The lowest BCUT2D eigenvalue weighted by Crippen LogP contribution is -2.33. The summed E-state index contributed by atoms with van der Waals surface area (Å²) in [6, 6.07) is 5.68. The number of aromatic hydroxyl groups is 1. The van der Waals surface area contributed by atoms with Gasteiger partial charge in [0.15, 0.2) is 17.2 Å². The number of halogens is 1. The molecule has 0 spiro atoms. The molecule has 9 heteroatoms. The summed E-state index contributed by atoms with van der Waals surface area (Å²) < 4.78 is 29.6. The molecule has 1 aromatic heterocycles. The zero-order valence-electron chi connectivity index (χ0n) is 17.4. The van der Waals surface area contributed by atoms with Crippen LogP contribution in [0.3, 0.4) is 0 Å². The van der Waals surface area contributed by atoms with E-state index in [0.29, 0.717) is 24.7 Å². The van der Waals surface area contributed by atoms with Gasteiger partial charge in [0.1, 0.15) is 24.2 Å². The molecule has 166 valence electrons. The number of carbonyl (C=O) groups excluding carboxylic acids is 2. The predicted octanol–water partition coefficient (Wildman–Crippen LogP) is 2.63. The van der Waals surface area contributed by atoms with E-state index in [9.17, 15) is 19.1 Å². The van der Waals surface area contributed by atoms with E-state index in [1.807, 2.05) is 0 Å². The lowest BCUT2D eigenvalue weighted by Gasteiger charge is -2.17. The molecule has 0 radical (unpaired) electrons. The van der Waals surface area contributed by atoms with E-state index in [-0.39, 0.29) is 11.4 Å². The van der Waals surface area contributed by atoms with Gasteiger partial charge in [-0.25, -0.2) is 9.37 Å². The monoisotopic (exact) mass is 432 g/mol. The fraction of sp³-hybridized carbons (Fsp3) is 0.409. The van der Waals surface area contributed by atoms with Crippen molar-refractivity contribution in [2.24, 2.45) is 5.92 Å². The van der Waals surface area contributed by atoms with Crippen molar-refractivity contribution in [3.8, 4) is 17.2 Å². The van der Waals surface area contributed by atoms with Crippen LogP contribution in [0.15, 0.2) is 30.5 Å². The van der Waals surface area contributed by atoms with E-state index < -0.39 is 36.1 Å². The molecule has 1 heterocycles. The minimum absolute atomic E-state index is 0.0929. The number of nitrogens with one attached hydrogen (secondary N) is 1. The van der Waals surface area contributed by atoms with Crippen LogP contribution in [-0.2, 0) is 16.0 Å². The second kappa shape index (κ2) is 10.1. The lowest BCUT2D eigenvalue weighted by atomic mass is 10.1. The van der Waals surface area contributed by atoms with Crippen molar-refractivity contribution >= 4 is 11.9 Å². The fourth-order valence-corrected chi connectivity index (χ4v) is 2.94. The smallest absolute Gasteiger partial charge is 0.325 e. The van der Waals surface area contributed by atoms with Gasteiger partial charge in [-0.2, -0.15) is 0 Å². The van der Waals surface area contributed by atoms with Crippen molar-refractivity contribution < 1.29 is 33.3 Å². The van der Waals surface area contributed by atoms with Crippen LogP contribution in [0.2, 0.25) is 0 Å². The highest BCUT2D eigenvalue weighted by molar-refractivity contribution is 5.97. The van der Waals surface area contributed by atoms with Crippen LogP contribution in [0.5, 0.6) is 17.2 Å². The summed E-state index contributed by atoms with van der Waals surface area (Å²) in [5, 5.41) is 12.3. The average Bonchev–Trinajstić information content (AvgIpc) is 3.57. The molecule has 1 amide bonds. The molecule has 0 saturated heterocycles. The molecular formula is C22H25FN2O6. The van der Waals surface area contributed by atoms with Crippen LogP contribution >= 0.6 is 0 Å². The molecule has 0 bridgehead atoms. The largest absolute Gasteiger partial charge is 0.503 e. The SMILES string of the molecule is COc1ccnc(C(=O)NCC(=O)OC(C)Cc2ccc(F)cc2OCC2CC2)c1O. The summed E-state index contributed by atoms with van der Waals surface area (Å²) in [6.45, 7) is 1.83. The number of rotatable bonds is 10. The molecule has 1 saturated carbocycles. The molecule has 8 nitrogen and oxygen atoms in total. The third-order valence-electron chi connectivity index (χ3n) is 4.76. The van der Waals surface area contributed by atoms with Crippen molar-refractivity contribution in [1.29, 1.82) is 0 Å². The Morgan fingerprint density at radius 1 is 1.29 bits per heavy atom. The number of benzene rings is 1. The number of aromatic nitrogens is 1. The summed E-state index contributed by atoms with van der Waals surface area (Å²) in [7, 11) is 1.35. The van der Waals surface area contributed by atoms with Gasteiger partial charge in [0.2, 0.25) is 0 Å². The van der Waals surface area contributed by atoms with E-state index in [1.165, 1.54) is 31.5 Å². The average molecular weight is 432 g/mol. The first-order valence-electron chi connectivity index (χ1n) is 9.98. The summed E-state index contributed by atoms with van der Waals surface area (Å²) in [4.78, 5) is 28.1. The number of amides is 1. The number of methoxy groups -OCH3 is 1. The topological polar surface area (TPSA) is 107 Å². The Balaban J connectivity index is 1.51. The molecule has 1 aliphatic rings. The molecule has 1 atom stereocenters. The van der Waals surface area contributed by atoms with Gasteiger partial charge in [0.05, 0.1) is 13.7 Å². The van der Waals surface area contributed by atoms with Crippen LogP contribution < -0.4 is 14.8 Å². The Morgan fingerprint density at radius 3 is 2.77 bits per heavy atom. The van der Waals surface area contributed by atoms with Crippen molar-refractivity contribution in [2.75, 3.05) is 20.3 Å². The van der Waals surface area contributed by atoms with Gasteiger partial charge in [0, 0.05) is 24.8 Å². The Bertz CT molecular complexity index is 948. The molecule has 2 N–H and O–H groups in total. The van der Waals surface area contributed by atoms with Crippen molar-refractivity contribution in [1.82, 2.24) is 10.3 Å². The van der Waals surface area contributed by atoms with Gasteiger partial charge in [-0.1, -0.05) is 6.07 Å². The Labute approximate surface area is 179 Å². The molecule has 1 fully saturated rings. The van der Waals surface area contributed by atoms with Crippen LogP contribution in [0.25, 0.3) is 0 Å². The maximum atomic E-state index is 13.6. The molecule has 1 aliphatic carbocycles. The highest BCUT2D eigenvalue weighted by Gasteiger charge is 2.23. The quantitative estimate of drug-likeness (QED) is 0.556. The molecule has 1 aromatic carbocycles. The van der Waals surface area contributed by atoms with Crippen molar-refractivity contribution in [3.63, 3.8) is 0 Å². The van der Waals surface area contributed by atoms with E-state index in [0.717, 1.165) is 18.4 Å². The third kappa shape index (κ3) is 6.31. The first-order valence-corrected chi connectivity index (χ1v) is 9.98. The van der Waals surface area contributed by atoms with Crippen LogP contribution in [0, 0.1) is 11.7 Å². The van der Waals surface area contributed by atoms with Crippen LogP contribution in [-0.4, -0.2) is 48.3 Å². The standard InChI is InChI=1S/C22H25FN2O6/c1-13(9-15-5-6-16(23)10-18(15)30-12-14-3-4-14)31-19(26)11-25-22(28)20-21(27)17(29-2)7-8-24-20/h5-8,10,13-14,27H,3-4,9,11-12H2,1-2H3,(H,25,28). The van der Waals surface area contributed by atoms with Gasteiger partial charge in [-0.3, -0.25) is 9.59 Å². The highest BCUT2D eigenvalue weighted by atomic mass is 19.1. The predicted molar refractivity (Wildman–Crippen MR) is 109 cm³/mol. The number of nitrogens with zero attached hydrogens (tertiary/aromatic N) is 1. The number of ether oxygens (including phenoxy) is 3. The number of hydrogen-bond donors (Lipinski definition) is 2. The molecular weight excluding hydrogens is 407 g/mol. The van der Waals surface area contributed by atoms with Crippen LogP contribution in [0.4, 0.5) is 4.39 Å². The highest BCUT2D eigenvalue weighted by Crippen LogP contribution is 2.31. The van der Waals surface area contributed by atoms with Gasteiger partial charge in [0.25, 0.3) is 5.91 Å². The van der Waals surface area contributed by atoms with E-state index in [1.54, 1.807) is 13.0 Å². The first-order chi connectivity index (χ1) is 14.9. The molecule has 2 aromatic rings.